The van der Waals surface area contributed by atoms with E-state index in [-0.39, 0.29) is 31.6 Å². The van der Waals surface area contributed by atoms with Gasteiger partial charge in [-0.25, -0.2) is 0 Å². The maximum Gasteiger partial charge on any atom is 0.303 e. The number of benzene rings is 1. The second-order valence-corrected chi connectivity index (χ2v) is 5.51. The Kier molecular flexibility index (Phi) is 4.78. The van der Waals surface area contributed by atoms with Crippen molar-refractivity contribution in [3.8, 4) is 0 Å². The van der Waals surface area contributed by atoms with Crippen molar-refractivity contribution >= 4 is 29.2 Å². The van der Waals surface area contributed by atoms with Gasteiger partial charge in [-0.15, -0.1) is 0 Å². The fourth-order valence-electron chi connectivity index (χ4n) is 2.73. The van der Waals surface area contributed by atoms with Crippen LogP contribution < -0.4 is 5.01 Å². The first-order chi connectivity index (χ1) is 10.9. The van der Waals surface area contributed by atoms with Crippen LogP contribution in [-0.4, -0.2) is 33.8 Å². The summed E-state index contributed by atoms with van der Waals surface area (Å²) in [5, 5.41) is 23.4. The highest BCUT2D eigenvalue weighted by atomic mass is 16.4. The number of hydrogen-bond acceptors (Lipinski definition) is 4. The number of carbonyl (C=O) groups is 3. The first kappa shape index (κ1) is 16.7. The van der Waals surface area contributed by atoms with Crippen LogP contribution in [0.4, 0.5) is 5.69 Å². The average molecular weight is 318 g/mol. The number of hydrogen-bond donors (Lipinski definition) is 2. The van der Waals surface area contributed by atoms with E-state index in [0.29, 0.717) is 11.4 Å². The molecule has 0 aliphatic carbocycles. The van der Waals surface area contributed by atoms with Crippen LogP contribution in [-0.2, 0) is 14.4 Å². The maximum atomic E-state index is 12.9. The molecule has 0 fully saturated rings. The standard InChI is InChI=1S/C16H18N2O5/c1-11-16(9-7-13(19)20,10-8-14(21)22)15(23)18(17-11)12-5-3-2-4-6-12/h2-6H,7-10H2,1H3,(H,19,20)(H,21,22). The second kappa shape index (κ2) is 6.60. The van der Waals surface area contributed by atoms with Crippen molar-refractivity contribution in [1.82, 2.24) is 0 Å². The Morgan fingerprint density at radius 1 is 1.09 bits per heavy atom. The minimum absolute atomic E-state index is 0.0348. The second-order valence-electron chi connectivity index (χ2n) is 5.51. The molecule has 1 heterocycles. The summed E-state index contributed by atoms with van der Waals surface area (Å²) in [5.41, 5.74) is -0.148. The third kappa shape index (κ3) is 3.39. The summed E-state index contributed by atoms with van der Waals surface area (Å²) in [4.78, 5) is 34.7. The van der Waals surface area contributed by atoms with Crippen molar-refractivity contribution in [2.45, 2.75) is 32.6 Å². The predicted octanol–water partition coefficient (Wildman–Crippen LogP) is 2.13. The van der Waals surface area contributed by atoms with E-state index < -0.39 is 17.4 Å². The van der Waals surface area contributed by atoms with E-state index in [9.17, 15) is 14.4 Å². The van der Waals surface area contributed by atoms with Crippen molar-refractivity contribution in [2.24, 2.45) is 10.5 Å². The number of carbonyl (C=O) groups excluding carboxylic acids is 1. The van der Waals surface area contributed by atoms with Crippen LogP contribution in [0.3, 0.4) is 0 Å². The normalized spacial score (nSPS) is 16.3. The topological polar surface area (TPSA) is 107 Å². The van der Waals surface area contributed by atoms with Crippen molar-refractivity contribution in [2.75, 3.05) is 5.01 Å². The van der Waals surface area contributed by atoms with Crippen molar-refractivity contribution in [1.29, 1.82) is 0 Å². The number of amides is 1. The fourth-order valence-corrected chi connectivity index (χ4v) is 2.73. The van der Waals surface area contributed by atoms with E-state index in [2.05, 4.69) is 5.10 Å². The zero-order chi connectivity index (χ0) is 17.0. The summed E-state index contributed by atoms with van der Waals surface area (Å²) in [6, 6.07) is 8.78. The van der Waals surface area contributed by atoms with E-state index in [0.717, 1.165) is 0 Å². The van der Waals surface area contributed by atoms with Crippen LogP contribution in [0.1, 0.15) is 32.6 Å². The molecule has 7 nitrogen and oxygen atoms in total. The van der Waals surface area contributed by atoms with Crippen molar-refractivity contribution in [3.05, 3.63) is 30.3 Å². The lowest BCUT2D eigenvalue weighted by Crippen LogP contribution is -2.40. The Bertz CT molecular complexity index is 636. The number of hydrazone groups is 1. The molecule has 0 spiro atoms. The van der Waals surface area contributed by atoms with Gasteiger partial charge in [-0.1, -0.05) is 18.2 Å². The Morgan fingerprint density at radius 2 is 1.61 bits per heavy atom. The van der Waals surface area contributed by atoms with E-state index in [1.54, 1.807) is 31.2 Å². The molecule has 1 aliphatic rings. The van der Waals surface area contributed by atoms with Gasteiger partial charge in [-0.3, -0.25) is 14.4 Å². The summed E-state index contributed by atoms with van der Waals surface area (Å²) in [6.07, 6.45) is -0.373. The minimum Gasteiger partial charge on any atom is -0.481 e. The molecule has 23 heavy (non-hydrogen) atoms. The van der Waals surface area contributed by atoms with E-state index in [1.165, 1.54) is 5.01 Å². The number of carboxylic acid groups (broad SMARTS) is 2. The number of nitrogens with zero attached hydrogens (tertiary/aromatic N) is 2. The first-order valence-electron chi connectivity index (χ1n) is 7.26. The molecule has 0 bridgehead atoms. The van der Waals surface area contributed by atoms with E-state index in [1.807, 2.05) is 6.07 Å². The summed E-state index contributed by atoms with van der Waals surface area (Å²) in [7, 11) is 0. The number of carboxylic acids is 2. The van der Waals surface area contributed by atoms with Crippen LogP contribution in [0.2, 0.25) is 0 Å². The lowest BCUT2D eigenvalue weighted by Gasteiger charge is -2.27. The molecular formula is C16H18N2O5. The first-order valence-corrected chi connectivity index (χ1v) is 7.26. The number of aliphatic carboxylic acids is 2. The molecule has 0 saturated carbocycles. The van der Waals surface area contributed by atoms with Gasteiger partial charge in [0.15, 0.2) is 0 Å². The molecule has 0 aromatic heterocycles. The largest absolute Gasteiger partial charge is 0.481 e. The van der Waals surface area contributed by atoms with Crippen LogP contribution in [0.25, 0.3) is 0 Å². The molecule has 2 rings (SSSR count). The van der Waals surface area contributed by atoms with Gasteiger partial charge in [0, 0.05) is 12.8 Å². The average Bonchev–Trinajstić information content (AvgIpc) is 2.76. The molecule has 1 amide bonds. The predicted molar refractivity (Wildman–Crippen MR) is 83.2 cm³/mol. The Hall–Kier alpha value is -2.70. The zero-order valence-electron chi connectivity index (χ0n) is 12.7. The Balaban J connectivity index is 2.33. The van der Waals surface area contributed by atoms with Crippen LogP contribution >= 0.6 is 0 Å². The smallest absolute Gasteiger partial charge is 0.303 e. The molecule has 1 aromatic carbocycles. The van der Waals surface area contributed by atoms with E-state index >= 15 is 0 Å². The Labute approximate surface area is 133 Å². The molecule has 1 aromatic rings. The monoisotopic (exact) mass is 318 g/mol. The number of anilines is 1. The third-order valence-electron chi connectivity index (χ3n) is 4.08. The van der Waals surface area contributed by atoms with Gasteiger partial charge in [0.2, 0.25) is 0 Å². The highest BCUT2D eigenvalue weighted by Crippen LogP contribution is 2.40. The molecule has 2 N–H and O–H groups in total. The minimum atomic E-state index is -1.17. The van der Waals surface area contributed by atoms with Gasteiger partial charge >= 0.3 is 11.9 Å². The van der Waals surface area contributed by atoms with Gasteiger partial charge in [-0.05, 0) is 31.9 Å². The molecular weight excluding hydrogens is 300 g/mol. The van der Waals surface area contributed by atoms with Gasteiger partial charge in [0.25, 0.3) is 5.91 Å². The molecule has 0 atom stereocenters. The number of para-hydroxylation sites is 1. The molecule has 122 valence electrons. The summed E-state index contributed by atoms with van der Waals surface area (Å²) in [5.74, 6) is -2.43. The van der Waals surface area contributed by atoms with Crippen molar-refractivity contribution < 1.29 is 24.6 Å². The number of rotatable bonds is 7. The molecule has 1 aliphatic heterocycles. The van der Waals surface area contributed by atoms with Gasteiger partial charge in [0.1, 0.15) is 0 Å². The van der Waals surface area contributed by atoms with Gasteiger partial charge in [0.05, 0.1) is 16.8 Å². The highest BCUT2D eigenvalue weighted by molar-refractivity contribution is 6.18. The summed E-state index contributed by atoms with van der Waals surface area (Å²) < 4.78 is 0. The van der Waals surface area contributed by atoms with Gasteiger partial charge < -0.3 is 10.2 Å². The van der Waals surface area contributed by atoms with Crippen LogP contribution in [0.15, 0.2) is 35.4 Å². The molecule has 0 saturated heterocycles. The summed E-state index contributed by atoms with van der Waals surface area (Å²) in [6.45, 7) is 1.64. The van der Waals surface area contributed by atoms with Gasteiger partial charge in [-0.2, -0.15) is 10.1 Å². The SMILES string of the molecule is CC1=NN(c2ccccc2)C(=O)C1(CCC(=O)O)CCC(=O)O. The third-order valence-corrected chi connectivity index (χ3v) is 4.08. The fraction of sp³-hybridized carbons (Fsp3) is 0.375. The van der Waals surface area contributed by atoms with E-state index in [4.69, 9.17) is 10.2 Å². The maximum absolute atomic E-state index is 12.9. The molecule has 0 unspecified atom stereocenters. The van der Waals surface area contributed by atoms with Crippen LogP contribution in [0.5, 0.6) is 0 Å². The Morgan fingerprint density at radius 3 is 2.09 bits per heavy atom. The summed E-state index contributed by atoms with van der Waals surface area (Å²) >= 11 is 0. The molecule has 0 radical (unpaired) electrons. The molecule has 7 heteroatoms. The lowest BCUT2D eigenvalue weighted by molar-refractivity contribution is -0.138. The van der Waals surface area contributed by atoms with Crippen LogP contribution in [0, 0.1) is 5.41 Å². The lowest BCUT2D eigenvalue weighted by atomic mass is 9.75. The quantitative estimate of drug-likeness (QED) is 0.800. The highest BCUT2D eigenvalue weighted by Gasteiger charge is 2.49. The zero-order valence-corrected chi connectivity index (χ0v) is 12.7. The van der Waals surface area contributed by atoms with Crippen molar-refractivity contribution in [3.63, 3.8) is 0 Å².